The zero-order chi connectivity index (χ0) is 21.7. The molecule has 0 atom stereocenters. The van der Waals surface area contributed by atoms with Gasteiger partial charge in [0.2, 0.25) is 0 Å². The van der Waals surface area contributed by atoms with E-state index in [-0.39, 0.29) is 10.1 Å². The number of allylic oxidation sites excluding steroid dienone is 2. The number of rotatable bonds is 9. The van der Waals surface area contributed by atoms with E-state index in [1.807, 2.05) is 0 Å². The molecule has 0 spiro atoms. The Morgan fingerprint density at radius 3 is 1.70 bits per heavy atom. The van der Waals surface area contributed by atoms with Gasteiger partial charge in [0.15, 0.2) is 9.53 Å². The Hall–Kier alpha value is 0.244. The van der Waals surface area contributed by atoms with Crippen molar-refractivity contribution in [1.29, 1.82) is 0 Å². The molecule has 5 heteroatoms. The van der Waals surface area contributed by atoms with E-state index < -0.39 is 16.6 Å². The first kappa shape index (κ1) is 27.2. The summed E-state index contributed by atoms with van der Waals surface area (Å²) in [5, 5.41) is 0.332. The van der Waals surface area contributed by atoms with E-state index in [0.29, 0.717) is 0 Å². The second kappa shape index (κ2) is 10.3. The van der Waals surface area contributed by atoms with Gasteiger partial charge in [0.05, 0.1) is 0 Å². The maximum atomic E-state index is 6.78. The average molecular weight is 525 g/mol. The van der Waals surface area contributed by atoms with Gasteiger partial charge in [0.25, 0.3) is 16.6 Å². The van der Waals surface area contributed by atoms with Crippen LogP contribution in [-0.4, -0.2) is 16.6 Å². The van der Waals surface area contributed by atoms with Gasteiger partial charge < -0.3 is 8.85 Å². The largest absolute Gasteiger partial charge is 0.541 e. The molecular formula is C22H45IO2Si2. The topological polar surface area (TPSA) is 18.5 Å². The second-order valence-electron chi connectivity index (χ2n) is 10.7. The fourth-order valence-electron chi connectivity index (χ4n) is 1.91. The van der Waals surface area contributed by atoms with Gasteiger partial charge in [-0.3, -0.25) is 0 Å². The molecule has 27 heavy (non-hydrogen) atoms. The molecule has 0 saturated heterocycles. The molecule has 0 aromatic carbocycles. The zero-order valence-electron chi connectivity index (χ0n) is 20.1. The van der Waals surface area contributed by atoms with Crippen LogP contribution < -0.4 is 0 Å². The van der Waals surface area contributed by atoms with Crippen LogP contribution in [0, 0.1) is 0 Å². The van der Waals surface area contributed by atoms with E-state index in [4.69, 9.17) is 8.85 Å². The first-order valence-electron chi connectivity index (χ1n) is 10.4. The summed E-state index contributed by atoms with van der Waals surface area (Å²) < 4.78 is 14.4. The number of unbranched alkanes of at least 4 members (excludes halogenated alkanes) is 3. The first-order valence-corrected chi connectivity index (χ1v) is 17.3. The molecule has 0 aromatic heterocycles. The van der Waals surface area contributed by atoms with E-state index >= 15 is 0 Å². The molecule has 0 N–H and O–H groups in total. The Morgan fingerprint density at radius 1 is 0.852 bits per heavy atom. The third-order valence-corrected chi connectivity index (χ3v) is 15.9. The summed E-state index contributed by atoms with van der Waals surface area (Å²) in [6, 6.07) is 0. The van der Waals surface area contributed by atoms with Crippen LogP contribution in [0.3, 0.4) is 0 Å². The Morgan fingerprint density at radius 2 is 1.30 bits per heavy atom. The van der Waals surface area contributed by atoms with Crippen molar-refractivity contribution in [3.8, 4) is 0 Å². The van der Waals surface area contributed by atoms with Crippen LogP contribution in [-0.2, 0) is 8.85 Å². The van der Waals surface area contributed by atoms with Crippen LogP contribution in [0.1, 0.15) is 81.1 Å². The van der Waals surface area contributed by atoms with Crippen LogP contribution in [0.15, 0.2) is 21.2 Å². The number of halogens is 1. The Labute approximate surface area is 186 Å². The molecule has 0 saturated carbocycles. The Balaban J connectivity index is 5.90. The van der Waals surface area contributed by atoms with Crippen LogP contribution in [0.5, 0.6) is 0 Å². The quantitative estimate of drug-likeness (QED) is 0.0984. The lowest BCUT2D eigenvalue weighted by Crippen LogP contribution is -2.42. The van der Waals surface area contributed by atoms with Crippen LogP contribution >= 0.6 is 22.6 Å². The van der Waals surface area contributed by atoms with Crippen LogP contribution in [0.4, 0.5) is 0 Å². The van der Waals surface area contributed by atoms with Gasteiger partial charge in [-0.2, -0.15) is 0 Å². The maximum absolute atomic E-state index is 6.78. The van der Waals surface area contributed by atoms with E-state index in [2.05, 4.69) is 110 Å². The Kier molecular flexibility index (Phi) is 10.4. The third kappa shape index (κ3) is 8.64. The summed E-state index contributed by atoms with van der Waals surface area (Å²) in [6.45, 7) is 27.4. The van der Waals surface area contributed by atoms with Crippen molar-refractivity contribution in [3.63, 3.8) is 0 Å². The van der Waals surface area contributed by atoms with Gasteiger partial charge in [-0.05, 0) is 61.6 Å². The van der Waals surface area contributed by atoms with Gasteiger partial charge in [-0.1, -0.05) is 67.4 Å². The predicted molar refractivity (Wildman–Crippen MR) is 136 cm³/mol. The highest BCUT2D eigenvalue weighted by atomic mass is 127. The molecular weight excluding hydrogens is 479 g/mol. The molecule has 0 fully saturated rings. The lowest BCUT2D eigenvalue weighted by atomic mass is 10.1. The molecule has 2 nitrogen and oxygen atoms in total. The first-order chi connectivity index (χ1) is 12.0. The highest BCUT2D eigenvalue weighted by Gasteiger charge is 2.42. The Bertz CT molecular complexity index is 535. The standard InChI is InChI=1S/C22H45IO2Si2/c1-13-14-15-16-17-18(2)19(24-26(9,10)21(3,4)5)20(23)25-27(11,12)22(6,7)8/h17H,13-16H2,1-12H3/b18-17+,20-19-. The van der Waals surface area contributed by atoms with Crippen LogP contribution in [0.2, 0.25) is 36.3 Å². The third-order valence-electron chi connectivity index (χ3n) is 6.11. The van der Waals surface area contributed by atoms with E-state index in [9.17, 15) is 0 Å². The summed E-state index contributed by atoms with van der Waals surface area (Å²) in [6.07, 6.45) is 7.21. The molecule has 0 aromatic rings. The highest BCUT2D eigenvalue weighted by molar-refractivity contribution is 14.1. The normalized spacial score (nSPS) is 15.5. The van der Waals surface area contributed by atoms with Crippen molar-refractivity contribution in [2.45, 2.75) is 117 Å². The molecule has 160 valence electrons. The van der Waals surface area contributed by atoms with Gasteiger partial charge in [-0.25, -0.2) is 0 Å². The van der Waals surface area contributed by atoms with Gasteiger partial charge >= 0.3 is 0 Å². The summed E-state index contributed by atoms with van der Waals surface area (Å²) in [4.78, 5) is 0. The molecule has 0 amide bonds. The fraction of sp³-hybridized carbons (Fsp3) is 0.818. The molecule has 0 rings (SSSR count). The summed E-state index contributed by atoms with van der Waals surface area (Å²) >= 11 is 2.37. The molecule has 0 aliphatic heterocycles. The van der Waals surface area contributed by atoms with E-state index in [0.717, 1.165) is 15.9 Å². The molecule has 0 radical (unpaired) electrons. The van der Waals surface area contributed by atoms with Crippen molar-refractivity contribution in [1.82, 2.24) is 0 Å². The molecule has 0 heterocycles. The summed E-state index contributed by atoms with van der Waals surface area (Å²) in [5.41, 5.74) is 1.22. The molecule has 0 unspecified atom stereocenters. The minimum atomic E-state index is -1.94. The van der Waals surface area contributed by atoms with Crippen molar-refractivity contribution < 1.29 is 8.85 Å². The SMILES string of the molecule is CCCCC/C=C(C)/C(O[Si](C)(C)C(C)(C)C)=C(\I)O[Si](C)(C)C(C)(C)C. The monoisotopic (exact) mass is 524 g/mol. The summed E-state index contributed by atoms with van der Waals surface area (Å²) in [7, 11) is -3.84. The van der Waals surface area contributed by atoms with Crippen molar-refractivity contribution in [2.75, 3.05) is 0 Å². The fourth-order valence-corrected chi connectivity index (χ4v) is 6.22. The maximum Gasteiger partial charge on any atom is 0.251 e. The smallest absolute Gasteiger partial charge is 0.251 e. The highest BCUT2D eigenvalue weighted by Crippen LogP contribution is 2.43. The zero-order valence-corrected chi connectivity index (χ0v) is 24.3. The predicted octanol–water partition coefficient (Wildman–Crippen LogP) is 9.16. The number of hydrogen-bond donors (Lipinski definition) is 0. The summed E-state index contributed by atoms with van der Waals surface area (Å²) in [5.74, 6) is 0.975. The average Bonchev–Trinajstić information content (AvgIpc) is 2.46. The molecule has 0 bridgehead atoms. The van der Waals surface area contributed by atoms with Crippen molar-refractivity contribution >= 4 is 39.2 Å². The molecule has 0 aliphatic carbocycles. The lowest BCUT2D eigenvalue weighted by Gasteiger charge is -2.40. The lowest BCUT2D eigenvalue weighted by molar-refractivity contribution is 0.347. The van der Waals surface area contributed by atoms with E-state index in [1.54, 1.807) is 0 Å². The van der Waals surface area contributed by atoms with Crippen molar-refractivity contribution in [2.24, 2.45) is 0 Å². The minimum absolute atomic E-state index is 0.161. The second-order valence-corrected chi connectivity index (χ2v) is 21.1. The van der Waals surface area contributed by atoms with Gasteiger partial charge in [-0.15, -0.1) is 0 Å². The molecule has 0 aliphatic rings. The van der Waals surface area contributed by atoms with Gasteiger partial charge in [0.1, 0.15) is 0 Å². The van der Waals surface area contributed by atoms with Crippen molar-refractivity contribution in [3.05, 3.63) is 21.2 Å². The van der Waals surface area contributed by atoms with Gasteiger partial charge in [0, 0.05) is 22.6 Å². The number of hydrogen-bond acceptors (Lipinski definition) is 2. The minimum Gasteiger partial charge on any atom is -0.541 e. The van der Waals surface area contributed by atoms with Crippen LogP contribution in [0.25, 0.3) is 0 Å². The van der Waals surface area contributed by atoms with E-state index in [1.165, 1.54) is 24.8 Å².